The van der Waals surface area contributed by atoms with Crippen molar-refractivity contribution < 1.29 is 24.6 Å². The fourth-order valence-electron chi connectivity index (χ4n) is 4.40. The molecule has 39 heavy (non-hydrogen) atoms. The van der Waals surface area contributed by atoms with Crippen LogP contribution in [0.4, 0.5) is 0 Å². The quantitative estimate of drug-likeness (QED) is 0.379. The Morgan fingerprint density at radius 2 is 1.49 bits per heavy atom. The van der Waals surface area contributed by atoms with E-state index in [4.69, 9.17) is 30.0 Å². The summed E-state index contributed by atoms with van der Waals surface area (Å²) in [4.78, 5) is 40.3. The molecule has 0 atom stereocenters. The van der Waals surface area contributed by atoms with Crippen LogP contribution in [0.15, 0.2) is 78.9 Å². The van der Waals surface area contributed by atoms with Crippen molar-refractivity contribution in [3.8, 4) is 6.07 Å². The Kier molecular flexibility index (Phi) is 8.66. The molecule has 0 spiro atoms. The van der Waals surface area contributed by atoms with E-state index in [0.29, 0.717) is 24.2 Å². The highest BCUT2D eigenvalue weighted by Crippen LogP contribution is 2.20. The summed E-state index contributed by atoms with van der Waals surface area (Å²) in [7, 11) is 0. The van der Waals surface area contributed by atoms with E-state index in [0.717, 1.165) is 43.0 Å². The largest absolute Gasteiger partial charge is 0.473 e. The van der Waals surface area contributed by atoms with E-state index < -0.39 is 11.9 Å². The molecule has 0 saturated carbocycles. The van der Waals surface area contributed by atoms with Crippen LogP contribution in [0, 0.1) is 11.3 Å². The Labute approximate surface area is 225 Å². The normalized spacial score (nSPS) is 13.3. The van der Waals surface area contributed by atoms with Crippen LogP contribution < -0.4 is 0 Å². The molecule has 1 aliphatic rings. The van der Waals surface area contributed by atoms with Gasteiger partial charge in [0.1, 0.15) is 5.82 Å². The Morgan fingerprint density at radius 1 is 0.821 bits per heavy atom. The van der Waals surface area contributed by atoms with Crippen LogP contribution >= 0.6 is 0 Å². The molecule has 10 nitrogen and oxygen atoms in total. The van der Waals surface area contributed by atoms with Gasteiger partial charge < -0.3 is 19.7 Å². The van der Waals surface area contributed by atoms with E-state index in [1.54, 1.807) is 24.3 Å². The minimum absolute atomic E-state index is 0.0110. The van der Waals surface area contributed by atoms with Crippen molar-refractivity contribution >= 4 is 28.9 Å². The van der Waals surface area contributed by atoms with E-state index in [1.165, 1.54) is 5.56 Å². The molecule has 198 valence electrons. The second kappa shape index (κ2) is 12.5. The predicted molar refractivity (Wildman–Crippen MR) is 143 cm³/mol. The molecule has 1 fully saturated rings. The van der Waals surface area contributed by atoms with E-state index >= 15 is 0 Å². The van der Waals surface area contributed by atoms with Crippen molar-refractivity contribution in [2.45, 2.75) is 13.1 Å². The Balaban J connectivity index is 0.000000531. The zero-order valence-corrected chi connectivity index (χ0v) is 21.1. The van der Waals surface area contributed by atoms with Crippen molar-refractivity contribution in [2.75, 3.05) is 26.2 Å². The zero-order chi connectivity index (χ0) is 27.8. The summed E-state index contributed by atoms with van der Waals surface area (Å²) < 4.78 is 2.30. The van der Waals surface area contributed by atoms with Gasteiger partial charge in [0.05, 0.1) is 29.2 Å². The number of carboxylic acids is 2. The molecule has 10 heteroatoms. The number of para-hydroxylation sites is 2. The van der Waals surface area contributed by atoms with Gasteiger partial charge in [-0.3, -0.25) is 9.69 Å². The number of carbonyl (C=O) groups excluding carboxylic acids is 1. The second-order valence-corrected chi connectivity index (χ2v) is 8.96. The van der Waals surface area contributed by atoms with Crippen LogP contribution in [0.5, 0.6) is 0 Å². The number of benzene rings is 3. The molecule has 1 aliphatic heterocycles. The van der Waals surface area contributed by atoms with Crippen LogP contribution in [0.2, 0.25) is 0 Å². The van der Waals surface area contributed by atoms with Gasteiger partial charge in [-0.05, 0) is 35.9 Å². The summed E-state index contributed by atoms with van der Waals surface area (Å²) in [6.07, 6.45) is 0. The first-order valence-electron chi connectivity index (χ1n) is 12.3. The summed E-state index contributed by atoms with van der Waals surface area (Å²) in [6, 6.07) is 27.8. The highest BCUT2D eigenvalue weighted by atomic mass is 16.4. The van der Waals surface area contributed by atoms with Crippen molar-refractivity contribution in [1.82, 2.24) is 19.4 Å². The van der Waals surface area contributed by atoms with Gasteiger partial charge in [-0.15, -0.1) is 0 Å². The topological polar surface area (TPSA) is 140 Å². The van der Waals surface area contributed by atoms with Crippen molar-refractivity contribution in [3.05, 3.63) is 101 Å². The second-order valence-electron chi connectivity index (χ2n) is 8.96. The number of rotatable bonds is 5. The van der Waals surface area contributed by atoms with Crippen LogP contribution in [-0.4, -0.2) is 73.6 Å². The molecule has 0 radical (unpaired) electrons. The van der Waals surface area contributed by atoms with E-state index in [1.807, 2.05) is 17.0 Å². The molecule has 1 amide bonds. The first-order valence-corrected chi connectivity index (χ1v) is 12.3. The fourth-order valence-corrected chi connectivity index (χ4v) is 4.40. The Hall–Kier alpha value is -5.01. The maximum absolute atomic E-state index is 12.9. The summed E-state index contributed by atoms with van der Waals surface area (Å²) in [6.45, 7) is 4.43. The van der Waals surface area contributed by atoms with Gasteiger partial charge in [0.25, 0.3) is 5.91 Å². The summed E-state index contributed by atoms with van der Waals surface area (Å²) >= 11 is 0. The standard InChI is InChI=1S/C27H25N5O.C2H2O4/c28-18-22-9-6-10-23(17-22)27(33)31-15-13-30(14-16-31)20-26-29-24-11-4-5-12-25(24)32(26)19-21-7-2-1-3-8-21;3-1(4)2(5)6/h1-12,17H,13-16,19-20H2;(H,3,4)(H,5,6). The molecule has 4 aromatic rings. The van der Waals surface area contributed by atoms with Gasteiger partial charge in [0.15, 0.2) is 0 Å². The van der Waals surface area contributed by atoms with Gasteiger partial charge in [0.2, 0.25) is 0 Å². The predicted octanol–water partition coefficient (Wildman–Crippen LogP) is 3.07. The minimum atomic E-state index is -1.82. The van der Waals surface area contributed by atoms with Gasteiger partial charge in [0, 0.05) is 38.3 Å². The Bertz CT molecular complexity index is 1510. The lowest BCUT2D eigenvalue weighted by Gasteiger charge is -2.34. The molecule has 0 unspecified atom stereocenters. The lowest BCUT2D eigenvalue weighted by atomic mass is 10.1. The van der Waals surface area contributed by atoms with E-state index in [9.17, 15) is 4.79 Å². The number of hydrogen-bond donors (Lipinski definition) is 2. The van der Waals surface area contributed by atoms with Crippen LogP contribution in [0.25, 0.3) is 11.0 Å². The maximum atomic E-state index is 12.9. The number of carbonyl (C=O) groups is 3. The number of imidazole rings is 1. The SMILES string of the molecule is N#Cc1cccc(C(=O)N2CCN(Cc3nc4ccccc4n3Cc3ccccc3)CC2)c1.O=C(O)C(=O)O. The lowest BCUT2D eigenvalue weighted by molar-refractivity contribution is -0.159. The van der Waals surface area contributed by atoms with Gasteiger partial charge in [-0.2, -0.15) is 5.26 Å². The number of nitriles is 1. The number of aromatic nitrogens is 2. The molecule has 0 bridgehead atoms. The molecule has 0 aliphatic carbocycles. The molecule has 5 rings (SSSR count). The molecule has 1 saturated heterocycles. The van der Waals surface area contributed by atoms with E-state index in [-0.39, 0.29) is 5.91 Å². The number of amides is 1. The van der Waals surface area contributed by atoms with Gasteiger partial charge in [-0.25, -0.2) is 14.6 Å². The first-order chi connectivity index (χ1) is 18.9. The molecule has 3 aromatic carbocycles. The third-order valence-electron chi connectivity index (χ3n) is 6.36. The molecule has 1 aromatic heterocycles. The summed E-state index contributed by atoms with van der Waals surface area (Å²) in [5.41, 5.74) is 4.48. The third kappa shape index (κ3) is 6.85. The lowest BCUT2D eigenvalue weighted by Crippen LogP contribution is -2.48. The molecular weight excluding hydrogens is 498 g/mol. The van der Waals surface area contributed by atoms with Gasteiger partial charge >= 0.3 is 11.9 Å². The number of hydrogen-bond acceptors (Lipinski definition) is 6. The highest BCUT2D eigenvalue weighted by Gasteiger charge is 2.24. The first kappa shape index (κ1) is 27.0. The van der Waals surface area contributed by atoms with Crippen LogP contribution in [-0.2, 0) is 22.7 Å². The number of carboxylic acid groups (broad SMARTS) is 2. The van der Waals surface area contributed by atoms with Crippen LogP contribution in [0.3, 0.4) is 0 Å². The number of fused-ring (bicyclic) bond motifs is 1. The number of aliphatic carboxylic acids is 2. The highest BCUT2D eigenvalue weighted by molar-refractivity contribution is 6.27. The number of nitrogens with zero attached hydrogens (tertiary/aromatic N) is 5. The summed E-state index contributed by atoms with van der Waals surface area (Å²) in [5, 5.41) is 23.9. The minimum Gasteiger partial charge on any atom is -0.473 e. The van der Waals surface area contributed by atoms with Gasteiger partial charge in [-0.1, -0.05) is 48.5 Å². The average Bonchev–Trinajstić information content (AvgIpc) is 3.30. The fraction of sp³-hybridized carbons (Fsp3) is 0.207. The average molecular weight is 526 g/mol. The zero-order valence-electron chi connectivity index (χ0n) is 21.1. The monoisotopic (exact) mass is 525 g/mol. The molecular formula is C29H27N5O5. The molecule has 2 heterocycles. The third-order valence-corrected chi connectivity index (χ3v) is 6.36. The molecule has 2 N–H and O–H groups in total. The van der Waals surface area contributed by atoms with Crippen molar-refractivity contribution in [1.29, 1.82) is 5.26 Å². The Morgan fingerprint density at radius 3 is 2.15 bits per heavy atom. The number of piperazine rings is 1. The maximum Gasteiger partial charge on any atom is 0.414 e. The van der Waals surface area contributed by atoms with Crippen LogP contribution in [0.1, 0.15) is 27.3 Å². The van der Waals surface area contributed by atoms with Crippen molar-refractivity contribution in [3.63, 3.8) is 0 Å². The van der Waals surface area contributed by atoms with Crippen molar-refractivity contribution in [2.24, 2.45) is 0 Å². The smallest absolute Gasteiger partial charge is 0.414 e. The summed E-state index contributed by atoms with van der Waals surface area (Å²) in [5.74, 6) is -2.62. The van der Waals surface area contributed by atoms with E-state index in [2.05, 4.69) is 58.0 Å².